The average molecular weight is 352 g/mol. The van der Waals surface area contributed by atoms with Crippen LogP contribution in [-0.4, -0.2) is 15.7 Å². The molecule has 0 saturated heterocycles. The van der Waals surface area contributed by atoms with Gasteiger partial charge in [0.15, 0.2) is 29.0 Å². The second-order valence-corrected chi connectivity index (χ2v) is 4.65. The van der Waals surface area contributed by atoms with Crippen molar-refractivity contribution in [3.05, 3.63) is 45.7 Å². The third-order valence-corrected chi connectivity index (χ3v) is 2.93. The summed E-state index contributed by atoms with van der Waals surface area (Å²) in [6, 6.07) is 0.0526. The van der Waals surface area contributed by atoms with Gasteiger partial charge in [0.2, 0.25) is 0 Å². The molecule has 9 heteroatoms. The molecule has 0 unspecified atom stereocenters. The van der Waals surface area contributed by atoms with Crippen molar-refractivity contribution in [2.75, 3.05) is 5.32 Å². The number of benzene rings is 1. The van der Waals surface area contributed by atoms with Crippen LogP contribution in [-0.2, 0) is 7.05 Å². The molecule has 0 saturated carbocycles. The molecule has 1 heterocycles. The number of carbonyl (C=O) groups is 1. The van der Waals surface area contributed by atoms with E-state index in [-0.39, 0.29) is 16.2 Å². The molecule has 0 aliphatic carbocycles. The van der Waals surface area contributed by atoms with Crippen LogP contribution < -0.4 is 5.32 Å². The van der Waals surface area contributed by atoms with Gasteiger partial charge in [0.25, 0.3) is 5.91 Å². The van der Waals surface area contributed by atoms with Crippen molar-refractivity contribution in [3.63, 3.8) is 0 Å². The molecule has 0 atom stereocenters. The summed E-state index contributed by atoms with van der Waals surface area (Å²) in [6.45, 7) is 0. The molecule has 1 aromatic heterocycles. The maximum atomic E-state index is 13.4. The van der Waals surface area contributed by atoms with E-state index in [0.717, 1.165) is 0 Å². The normalized spacial score (nSPS) is 10.7. The third-order valence-electron chi connectivity index (χ3n) is 2.35. The number of hydrogen-bond acceptors (Lipinski definition) is 2. The standard InChI is InChI=1S/C11H6BrF4N3O/c1-19-3-4(12)9(18-19)11(20)17-10-7(15)5(13)2-6(14)8(10)16/h2-3H,1H3,(H,17,20). The Morgan fingerprint density at radius 2 is 1.80 bits per heavy atom. The predicted molar refractivity (Wildman–Crippen MR) is 65.1 cm³/mol. The lowest BCUT2D eigenvalue weighted by Crippen LogP contribution is -2.17. The first kappa shape index (κ1) is 14.5. The number of anilines is 1. The number of halogens is 5. The Morgan fingerprint density at radius 1 is 1.25 bits per heavy atom. The van der Waals surface area contributed by atoms with Crippen molar-refractivity contribution in [1.82, 2.24) is 9.78 Å². The van der Waals surface area contributed by atoms with E-state index in [9.17, 15) is 22.4 Å². The number of nitrogens with zero attached hydrogens (tertiary/aromatic N) is 2. The molecule has 2 aromatic rings. The highest BCUT2D eigenvalue weighted by atomic mass is 79.9. The Bertz CT molecular complexity index is 675. The van der Waals surface area contributed by atoms with Gasteiger partial charge in [-0.15, -0.1) is 0 Å². The van der Waals surface area contributed by atoms with E-state index in [1.165, 1.54) is 17.9 Å². The molecule has 1 amide bonds. The SMILES string of the molecule is Cn1cc(Br)c(C(=O)Nc2c(F)c(F)cc(F)c2F)n1. The summed E-state index contributed by atoms with van der Waals surface area (Å²) >= 11 is 3.02. The highest BCUT2D eigenvalue weighted by Crippen LogP contribution is 2.25. The summed E-state index contributed by atoms with van der Waals surface area (Å²) in [7, 11) is 1.52. The molecule has 0 spiro atoms. The van der Waals surface area contributed by atoms with Crippen LogP contribution in [0.4, 0.5) is 23.2 Å². The summed E-state index contributed by atoms with van der Waals surface area (Å²) in [5.74, 6) is -7.62. The average Bonchev–Trinajstić information content (AvgIpc) is 2.71. The van der Waals surface area contributed by atoms with Crippen molar-refractivity contribution >= 4 is 27.5 Å². The lowest BCUT2D eigenvalue weighted by Gasteiger charge is -2.07. The lowest BCUT2D eigenvalue weighted by atomic mass is 10.2. The van der Waals surface area contributed by atoms with E-state index in [0.29, 0.717) is 0 Å². The molecule has 0 fully saturated rings. The van der Waals surface area contributed by atoms with E-state index >= 15 is 0 Å². The van der Waals surface area contributed by atoms with Crippen molar-refractivity contribution in [1.29, 1.82) is 0 Å². The molecule has 0 bridgehead atoms. The topological polar surface area (TPSA) is 46.9 Å². The van der Waals surface area contributed by atoms with E-state index in [2.05, 4.69) is 21.0 Å². The highest BCUT2D eigenvalue weighted by Gasteiger charge is 2.23. The van der Waals surface area contributed by atoms with Crippen LogP contribution in [0.1, 0.15) is 10.5 Å². The third kappa shape index (κ3) is 2.53. The molecule has 1 N–H and O–H groups in total. The zero-order valence-corrected chi connectivity index (χ0v) is 11.4. The Morgan fingerprint density at radius 3 is 2.25 bits per heavy atom. The molecule has 0 aliphatic rings. The highest BCUT2D eigenvalue weighted by molar-refractivity contribution is 9.10. The van der Waals surface area contributed by atoms with E-state index in [1.807, 2.05) is 0 Å². The van der Waals surface area contributed by atoms with Gasteiger partial charge in [0, 0.05) is 19.3 Å². The smallest absolute Gasteiger partial charge is 0.277 e. The van der Waals surface area contributed by atoms with Crippen LogP contribution >= 0.6 is 15.9 Å². The van der Waals surface area contributed by atoms with Gasteiger partial charge in [-0.25, -0.2) is 17.6 Å². The van der Waals surface area contributed by atoms with Gasteiger partial charge in [0.1, 0.15) is 5.69 Å². The molecule has 0 aliphatic heterocycles. The minimum atomic E-state index is -1.69. The first-order chi connectivity index (χ1) is 9.31. The molecule has 4 nitrogen and oxygen atoms in total. The first-order valence-electron chi connectivity index (χ1n) is 5.14. The van der Waals surface area contributed by atoms with Crippen LogP contribution in [0.5, 0.6) is 0 Å². The lowest BCUT2D eigenvalue weighted by molar-refractivity contribution is 0.101. The zero-order valence-electron chi connectivity index (χ0n) is 9.85. The van der Waals surface area contributed by atoms with Crippen LogP contribution in [0.2, 0.25) is 0 Å². The Kier molecular flexibility index (Phi) is 3.80. The molecular weight excluding hydrogens is 346 g/mol. The van der Waals surface area contributed by atoms with Crippen LogP contribution in [0.3, 0.4) is 0 Å². The number of aryl methyl sites for hydroxylation is 1. The summed E-state index contributed by atoms with van der Waals surface area (Å²) in [6.07, 6.45) is 1.42. The molecule has 2 rings (SSSR count). The summed E-state index contributed by atoms with van der Waals surface area (Å²) < 4.78 is 54.3. The van der Waals surface area contributed by atoms with Gasteiger partial charge < -0.3 is 5.32 Å². The van der Waals surface area contributed by atoms with Gasteiger partial charge >= 0.3 is 0 Å². The summed E-state index contributed by atoms with van der Waals surface area (Å²) in [4.78, 5) is 11.8. The number of aromatic nitrogens is 2. The van der Waals surface area contributed by atoms with Gasteiger partial charge in [-0.05, 0) is 15.9 Å². The molecule has 106 valence electrons. The Hall–Kier alpha value is -1.90. The molecular formula is C11H6BrF4N3O. The maximum absolute atomic E-state index is 13.4. The zero-order chi connectivity index (χ0) is 15.0. The maximum Gasteiger partial charge on any atom is 0.277 e. The minimum Gasteiger partial charge on any atom is -0.315 e. The van der Waals surface area contributed by atoms with Gasteiger partial charge in [-0.1, -0.05) is 0 Å². The van der Waals surface area contributed by atoms with Crippen LogP contribution in [0.15, 0.2) is 16.7 Å². The van der Waals surface area contributed by atoms with Gasteiger partial charge in [-0.3, -0.25) is 9.48 Å². The molecule has 0 radical (unpaired) electrons. The fourth-order valence-corrected chi connectivity index (χ4v) is 2.02. The fourth-order valence-electron chi connectivity index (χ4n) is 1.47. The number of nitrogens with one attached hydrogen (secondary N) is 1. The van der Waals surface area contributed by atoms with Gasteiger partial charge in [-0.2, -0.15) is 5.10 Å². The quantitative estimate of drug-likeness (QED) is 0.667. The van der Waals surface area contributed by atoms with Crippen molar-refractivity contribution in [2.24, 2.45) is 7.05 Å². The molecule has 20 heavy (non-hydrogen) atoms. The Balaban J connectivity index is 2.40. The van der Waals surface area contributed by atoms with Crippen molar-refractivity contribution < 1.29 is 22.4 Å². The van der Waals surface area contributed by atoms with Crippen molar-refractivity contribution in [3.8, 4) is 0 Å². The second kappa shape index (κ2) is 5.23. The van der Waals surface area contributed by atoms with Crippen molar-refractivity contribution in [2.45, 2.75) is 0 Å². The van der Waals surface area contributed by atoms with Crippen LogP contribution in [0, 0.1) is 23.3 Å². The summed E-state index contributed by atoms with van der Waals surface area (Å²) in [5.41, 5.74) is -1.39. The van der Waals surface area contributed by atoms with Crippen LogP contribution in [0.25, 0.3) is 0 Å². The second-order valence-electron chi connectivity index (χ2n) is 3.80. The fraction of sp³-hybridized carbons (Fsp3) is 0.0909. The predicted octanol–water partition coefficient (Wildman–Crippen LogP) is 2.99. The number of rotatable bonds is 2. The minimum absolute atomic E-state index is 0.0526. The van der Waals surface area contributed by atoms with Gasteiger partial charge in [0.05, 0.1) is 4.47 Å². The number of carbonyl (C=O) groups excluding carboxylic acids is 1. The van der Waals surface area contributed by atoms with E-state index < -0.39 is 34.9 Å². The van der Waals surface area contributed by atoms with E-state index in [4.69, 9.17) is 0 Å². The molecule has 1 aromatic carbocycles. The summed E-state index contributed by atoms with van der Waals surface area (Å²) in [5, 5.41) is 5.49. The number of amides is 1. The first-order valence-corrected chi connectivity index (χ1v) is 5.94. The van der Waals surface area contributed by atoms with E-state index in [1.54, 1.807) is 5.32 Å². The largest absolute Gasteiger partial charge is 0.315 e. The number of hydrogen-bond donors (Lipinski definition) is 1. The monoisotopic (exact) mass is 351 g/mol. The Labute approximate surface area is 118 Å².